The number of carbonyl (C=O) groups is 2. The van der Waals surface area contributed by atoms with Crippen molar-refractivity contribution in [2.24, 2.45) is 5.92 Å². The summed E-state index contributed by atoms with van der Waals surface area (Å²) in [6.45, 7) is 2.03. The summed E-state index contributed by atoms with van der Waals surface area (Å²) in [5.74, 6) is 0.863. The number of benzene rings is 1. The van der Waals surface area contributed by atoms with Crippen LogP contribution in [0, 0.1) is 5.92 Å². The average molecular weight is 357 g/mol. The van der Waals surface area contributed by atoms with Crippen molar-refractivity contribution in [2.75, 3.05) is 32.5 Å². The second kappa shape index (κ2) is 8.67. The van der Waals surface area contributed by atoms with Crippen LogP contribution in [0.25, 0.3) is 0 Å². The monoisotopic (exact) mass is 357 g/mol. The molecule has 1 aliphatic heterocycles. The maximum atomic E-state index is 12.7. The quantitative estimate of drug-likeness (QED) is 0.849. The van der Waals surface area contributed by atoms with Crippen LogP contribution in [-0.4, -0.2) is 54.8 Å². The first-order chi connectivity index (χ1) is 12.5. The molecule has 1 unspecified atom stereocenters. The number of nitrogens with zero attached hydrogens (tertiary/aromatic N) is 2. The molecule has 5 heteroatoms. The molecule has 1 heterocycles. The highest BCUT2D eigenvalue weighted by Crippen LogP contribution is 2.30. The molecule has 1 saturated carbocycles. The van der Waals surface area contributed by atoms with E-state index in [0.717, 1.165) is 44.0 Å². The zero-order valence-electron chi connectivity index (χ0n) is 16.0. The number of likely N-dealkylation sites (tertiary alicyclic amines) is 1. The Morgan fingerprint density at radius 1 is 1.15 bits per heavy atom. The van der Waals surface area contributed by atoms with E-state index in [4.69, 9.17) is 0 Å². The van der Waals surface area contributed by atoms with Gasteiger partial charge in [-0.15, -0.1) is 0 Å². The van der Waals surface area contributed by atoms with Gasteiger partial charge in [-0.1, -0.05) is 19.3 Å². The van der Waals surface area contributed by atoms with Gasteiger partial charge in [0.2, 0.25) is 5.91 Å². The number of hydrogen-bond donors (Lipinski definition) is 1. The third-order valence-electron chi connectivity index (χ3n) is 5.89. The largest absolute Gasteiger partial charge is 0.337 e. The standard InChI is InChI=1S/C21H31N3O2/c1-23-14-4-7-19(15-23)24(2)21(26)17-9-11-18(12-10-17)22-20(25)13-8-16-5-3-6-16/h9-12,16,19H,3-8,13-15H2,1-2H3,(H,22,25). The minimum absolute atomic E-state index is 0.0492. The lowest BCUT2D eigenvalue weighted by Gasteiger charge is -2.35. The highest BCUT2D eigenvalue weighted by Gasteiger charge is 2.25. The lowest BCUT2D eigenvalue weighted by molar-refractivity contribution is -0.116. The Morgan fingerprint density at radius 3 is 2.50 bits per heavy atom. The van der Waals surface area contributed by atoms with Gasteiger partial charge in [-0.3, -0.25) is 9.59 Å². The second-order valence-electron chi connectivity index (χ2n) is 7.94. The summed E-state index contributed by atoms with van der Waals surface area (Å²) in [6, 6.07) is 7.55. The molecule has 3 rings (SSSR count). The van der Waals surface area contributed by atoms with Crippen molar-refractivity contribution in [1.82, 2.24) is 9.80 Å². The predicted octanol–water partition coefficient (Wildman–Crippen LogP) is 3.37. The van der Waals surface area contributed by atoms with Crippen LogP contribution < -0.4 is 5.32 Å². The smallest absolute Gasteiger partial charge is 0.253 e. The van der Waals surface area contributed by atoms with Crippen LogP contribution in [0.2, 0.25) is 0 Å². The number of amides is 2. The van der Waals surface area contributed by atoms with Crippen molar-refractivity contribution in [3.63, 3.8) is 0 Å². The molecular formula is C21H31N3O2. The molecule has 0 radical (unpaired) electrons. The molecule has 2 aliphatic rings. The van der Waals surface area contributed by atoms with Gasteiger partial charge in [-0.2, -0.15) is 0 Å². The average Bonchev–Trinajstić information content (AvgIpc) is 2.60. The molecule has 1 aliphatic carbocycles. The highest BCUT2D eigenvalue weighted by atomic mass is 16.2. The van der Waals surface area contributed by atoms with Gasteiger partial charge in [-0.05, 0) is 63.0 Å². The van der Waals surface area contributed by atoms with E-state index in [9.17, 15) is 9.59 Å². The maximum absolute atomic E-state index is 12.7. The Morgan fingerprint density at radius 2 is 1.88 bits per heavy atom. The van der Waals surface area contributed by atoms with E-state index in [1.54, 1.807) is 0 Å². The Kier molecular flexibility index (Phi) is 6.30. The van der Waals surface area contributed by atoms with Gasteiger partial charge >= 0.3 is 0 Å². The first-order valence-corrected chi connectivity index (χ1v) is 9.88. The Labute approximate surface area is 156 Å². The maximum Gasteiger partial charge on any atom is 0.253 e. The Bertz CT molecular complexity index is 625. The van der Waals surface area contributed by atoms with Crippen LogP contribution in [0.15, 0.2) is 24.3 Å². The number of hydrogen-bond acceptors (Lipinski definition) is 3. The molecule has 142 valence electrons. The second-order valence-corrected chi connectivity index (χ2v) is 7.94. The van der Waals surface area contributed by atoms with Crippen molar-refractivity contribution in [1.29, 1.82) is 0 Å². The lowest BCUT2D eigenvalue weighted by atomic mass is 9.82. The van der Waals surface area contributed by atoms with Gasteiger partial charge in [0.15, 0.2) is 0 Å². The van der Waals surface area contributed by atoms with Crippen LogP contribution >= 0.6 is 0 Å². The van der Waals surface area contributed by atoms with E-state index in [1.807, 2.05) is 36.2 Å². The summed E-state index contributed by atoms with van der Waals surface area (Å²) in [4.78, 5) is 28.9. The molecular weight excluding hydrogens is 326 g/mol. The van der Waals surface area contributed by atoms with E-state index in [1.165, 1.54) is 19.3 Å². The van der Waals surface area contributed by atoms with Crippen LogP contribution in [-0.2, 0) is 4.79 Å². The first-order valence-electron chi connectivity index (χ1n) is 9.88. The van der Waals surface area contributed by atoms with Gasteiger partial charge in [0.25, 0.3) is 5.91 Å². The van der Waals surface area contributed by atoms with Gasteiger partial charge < -0.3 is 15.1 Å². The van der Waals surface area contributed by atoms with Gasteiger partial charge in [-0.25, -0.2) is 0 Å². The fourth-order valence-electron chi connectivity index (χ4n) is 3.86. The molecule has 26 heavy (non-hydrogen) atoms. The fourth-order valence-corrected chi connectivity index (χ4v) is 3.86. The summed E-state index contributed by atoms with van der Waals surface area (Å²) in [6.07, 6.45) is 7.62. The molecule has 2 amide bonds. The van der Waals surface area contributed by atoms with Crippen molar-refractivity contribution in [2.45, 2.75) is 51.0 Å². The minimum Gasteiger partial charge on any atom is -0.337 e. The number of rotatable bonds is 6. The van der Waals surface area contributed by atoms with Crippen molar-refractivity contribution >= 4 is 17.5 Å². The predicted molar refractivity (Wildman–Crippen MR) is 104 cm³/mol. The van der Waals surface area contributed by atoms with Crippen LogP contribution in [0.5, 0.6) is 0 Å². The SMILES string of the molecule is CN1CCCC(N(C)C(=O)c2ccc(NC(=O)CCC3CCC3)cc2)C1. The van der Waals surface area contributed by atoms with Crippen LogP contribution in [0.4, 0.5) is 5.69 Å². The summed E-state index contributed by atoms with van der Waals surface area (Å²) in [5.41, 5.74) is 1.44. The summed E-state index contributed by atoms with van der Waals surface area (Å²) in [7, 11) is 4.00. The van der Waals surface area contributed by atoms with Crippen molar-refractivity contribution in [3.8, 4) is 0 Å². The third kappa shape index (κ3) is 4.85. The van der Waals surface area contributed by atoms with Crippen LogP contribution in [0.3, 0.4) is 0 Å². The van der Waals surface area contributed by atoms with Crippen molar-refractivity contribution < 1.29 is 9.59 Å². The summed E-state index contributed by atoms with van der Waals surface area (Å²) < 4.78 is 0. The van der Waals surface area contributed by atoms with Crippen LogP contribution in [0.1, 0.15) is 55.3 Å². The number of likely N-dealkylation sites (N-methyl/N-ethyl adjacent to an activating group) is 2. The van der Waals surface area contributed by atoms with Gasteiger partial charge in [0, 0.05) is 37.3 Å². The fraction of sp³-hybridized carbons (Fsp3) is 0.619. The van der Waals surface area contributed by atoms with E-state index in [0.29, 0.717) is 12.0 Å². The molecule has 1 saturated heterocycles. The topological polar surface area (TPSA) is 52.6 Å². The molecule has 1 aromatic carbocycles. The van der Waals surface area contributed by atoms with Crippen molar-refractivity contribution in [3.05, 3.63) is 29.8 Å². The zero-order valence-corrected chi connectivity index (χ0v) is 16.0. The van der Waals surface area contributed by atoms with E-state index >= 15 is 0 Å². The zero-order chi connectivity index (χ0) is 18.5. The molecule has 2 fully saturated rings. The minimum atomic E-state index is 0.0492. The number of carbonyl (C=O) groups excluding carboxylic acids is 2. The van der Waals surface area contributed by atoms with Gasteiger partial charge in [0.05, 0.1) is 0 Å². The number of anilines is 1. The summed E-state index contributed by atoms with van der Waals surface area (Å²) in [5, 5.41) is 2.94. The molecule has 0 aromatic heterocycles. The first kappa shape index (κ1) is 18.9. The third-order valence-corrected chi connectivity index (χ3v) is 5.89. The number of nitrogens with one attached hydrogen (secondary N) is 1. The Hall–Kier alpha value is -1.88. The van der Waals surface area contributed by atoms with E-state index in [-0.39, 0.29) is 17.9 Å². The molecule has 0 bridgehead atoms. The van der Waals surface area contributed by atoms with E-state index < -0.39 is 0 Å². The molecule has 1 N–H and O–H groups in total. The van der Waals surface area contributed by atoms with Gasteiger partial charge in [0.1, 0.15) is 0 Å². The molecule has 5 nitrogen and oxygen atoms in total. The Balaban J connectivity index is 1.51. The highest BCUT2D eigenvalue weighted by molar-refractivity contribution is 5.95. The molecule has 1 aromatic rings. The molecule has 1 atom stereocenters. The van der Waals surface area contributed by atoms with E-state index in [2.05, 4.69) is 17.3 Å². The summed E-state index contributed by atoms with van der Waals surface area (Å²) >= 11 is 0. The normalized spacial score (nSPS) is 21.1. The lowest BCUT2D eigenvalue weighted by Crippen LogP contribution is -2.47. The number of piperidine rings is 1. The molecule has 0 spiro atoms.